The van der Waals surface area contributed by atoms with E-state index in [9.17, 15) is 4.79 Å². The van der Waals surface area contributed by atoms with Crippen molar-refractivity contribution in [1.82, 2.24) is 0 Å². The Balaban J connectivity index is 2.03. The van der Waals surface area contributed by atoms with Crippen molar-refractivity contribution in [3.05, 3.63) is 44.6 Å². The van der Waals surface area contributed by atoms with Gasteiger partial charge in [-0.1, -0.05) is 6.07 Å². The van der Waals surface area contributed by atoms with E-state index in [0.717, 1.165) is 21.5 Å². The number of anilines is 1. The van der Waals surface area contributed by atoms with Crippen LogP contribution in [0.5, 0.6) is 5.75 Å². The fraction of sp³-hybridized carbons (Fsp3) is 0.214. The molecule has 0 fully saturated rings. The molecule has 3 nitrogen and oxygen atoms in total. The molecule has 1 aromatic carbocycles. The summed E-state index contributed by atoms with van der Waals surface area (Å²) < 4.78 is 6.15. The van der Waals surface area contributed by atoms with Crippen LogP contribution in [-0.4, -0.2) is 13.0 Å². The van der Waals surface area contributed by atoms with E-state index in [2.05, 4.69) is 21.2 Å². The SMILES string of the molecule is COc1ccc([C@H]2CC(=O)Nc3ccsc32)cc1Br. The van der Waals surface area contributed by atoms with E-state index in [0.29, 0.717) is 6.42 Å². The lowest BCUT2D eigenvalue weighted by Crippen LogP contribution is -2.21. The first-order chi connectivity index (χ1) is 9.19. The summed E-state index contributed by atoms with van der Waals surface area (Å²) in [5.74, 6) is 1.00. The van der Waals surface area contributed by atoms with Crippen LogP contribution < -0.4 is 10.1 Å². The lowest BCUT2D eigenvalue weighted by atomic mass is 9.91. The van der Waals surface area contributed by atoms with Crippen LogP contribution >= 0.6 is 27.3 Å². The van der Waals surface area contributed by atoms with Gasteiger partial charge in [-0.05, 0) is 45.1 Å². The molecule has 0 bridgehead atoms. The van der Waals surface area contributed by atoms with Crippen LogP contribution in [0, 0.1) is 0 Å². The Kier molecular flexibility index (Phi) is 3.33. The number of carbonyl (C=O) groups is 1. The maximum absolute atomic E-state index is 11.8. The van der Waals surface area contributed by atoms with E-state index in [1.54, 1.807) is 18.4 Å². The maximum atomic E-state index is 11.8. The van der Waals surface area contributed by atoms with Gasteiger partial charge < -0.3 is 10.1 Å². The monoisotopic (exact) mass is 337 g/mol. The van der Waals surface area contributed by atoms with E-state index in [1.807, 2.05) is 29.6 Å². The Hall–Kier alpha value is -1.33. The van der Waals surface area contributed by atoms with Gasteiger partial charge in [0, 0.05) is 17.2 Å². The zero-order chi connectivity index (χ0) is 13.4. The lowest BCUT2D eigenvalue weighted by molar-refractivity contribution is -0.116. The number of ether oxygens (including phenoxy) is 1. The summed E-state index contributed by atoms with van der Waals surface area (Å²) in [6.45, 7) is 0. The topological polar surface area (TPSA) is 38.3 Å². The van der Waals surface area contributed by atoms with Crippen LogP contribution in [0.2, 0.25) is 0 Å². The van der Waals surface area contributed by atoms with Crippen molar-refractivity contribution >= 4 is 38.9 Å². The third-order valence-corrected chi connectivity index (χ3v) is 4.90. The molecule has 0 saturated carbocycles. The average molecular weight is 338 g/mol. The average Bonchev–Trinajstić information content (AvgIpc) is 2.85. The molecule has 0 unspecified atom stereocenters. The van der Waals surface area contributed by atoms with Crippen molar-refractivity contribution in [1.29, 1.82) is 0 Å². The van der Waals surface area contributed by atoms with Gasteiger partial charge in [-0.15, -0.1) is 11.3 Å². The molecular weight excluding hydrogens is 326 g/mol. The fourth-order valence-corrected chi connectivity index (χ4v) is 3.88. The number of nitrogens with one attached hydrogen (secondary N) is 1. The van der Waals surface area contributed by atoms with Crippen LogP contribution in [0.1, 0.15) is 22.8 Å². The molecule has 0 spiro atoms. The minimum Gasteiger partial charge on any atom is -0.496 e. The first-order valence-electron chi connectivity index (χ1n) is 5.89. The normalized spacial score (nSPS) is 17.8. The number of hydrogen-bond donors (Lipinski definition) is 1. The molecule has 1 aliphatic heterocycles. The number of amides is 1. The van der Waals surface area contributed by atoms with Crippen molar-refractivity contribution < 1.29 is 9.53 Å². The summed E-state index contributed by atoms with van der Waals surface area (Å²) in [7, 11) is 1.64. The summed E-state index contributed by atoms with van der Waals surface area (Å²) in [5, 5.41) is 4.93. The number of carbonyl (C=O) groups excluding carboxylic acids is 1. The largest absolute Gasteiger partial charge is 0.496 e. The molecule has 1 aromatic heterocycles. The fourth-order valence-electron chi connectivity index (χ4n) is 2.34. The summed E-state index contributed by atoms with van der Waals surface area (Å²) in [4.78, 5) is 13.0. The predicted octanol–water partition coefficient (Wildman–Crippen LogP) is 3.99. The number of hydrogen-bond acceptors (Lipinski definition) is 3. The Labute approximate surface area is 123 Å². The smallest absolute Gasteiger partial charge is 0.225 e. The predicted molar refractivity (Wildman–Crippen MR) is 80.1 cm³/mol. The molecule has 1 N–H and O–H groups in total. The van der Waals surface area contributed by atoms with Crippen molar-refractivity contribution in [2.24, 2.45) is 0 Å². The second-order valence-corrected chi connectivity index (χ2v) is 6.20. The Morgan fingerprint density at radius 2 is 2.26 bits per heavy atom. The van der Waals surface area contributed by atoms with Crippen molar-refractivity contribution in [2.45, 2.75) is 12.3 Å². The van der Waals surface area contributed by atoms with E-state index in [-0.39, 0.29) is 11.8 Å². The van der Waals surface area contributed by atoms with Crippen LogP contribution in [-0.2, 0) is 4.79 Å². The van der Waals surface area contributed by atoms with Gasteiger partial charge in [-0.2, -0.15) is 0 Å². The molecule has 1 atom stereocenters. The highest BCUT2D eigenvalue weighted by Gasteiger charge is 2.27. The second kappa shape index (κ2) is 4.98. The summed E-state index contributed by atoms with van der Waals surface area (Å²) in [6.07, 6.45) is 0.492. The van der Waals surface area contributed by atoms with Gasteiger partial charge in [0.05, 0.1) is 17.3 Å². The van der Waals surface area contributed by atoms with E-state index < -0.39 is 0 Å². The first kappa shape index (κ1) is 12.7. The lowest BCUT2D eigenvalue weighted by Gasteiger charge is -2.23. The number of thiophene rings is 1. The van der Waals surface area contributed by atoms with Crippen LogP contribution in [0.25, 0.3) is 0 Å². The van der Waals surface area contributed by atoms with Crippen molar-refractivity contribution in [2.75, 3.05) is 12.4 Å². The minimum atomic E-state index is 0.0721. The van der Waals surface area contributed by atoms with Gasteiger partial charge in [0.1, 0.15) is 5.75 Å². The second-order valence-electron chi connectivity index (χ2n) is 4.40. The van der Waals surface area contributed by atoms with Gasteiger partial charge in [0.2, 0.25) is 5.91 Å². The highest BCUT2D eigenvalue weighted by atomic mass is 79.9. The number of rotatable bonds is 2. The first-order valence-corrected chi connectivity index (χ1v) is 7.57. The van der Waals surface area contributed by atoms with Gasteiger partial charge >= 0.3 is 0 Å². The number of methoxy groups -OCH3 is 1. The van der Waals surface area contributed by atoms with Gasteiger partial charge in [0.25, 0.3) is 0 Å². The molecule has 19 heavy (non-hydrogen) atoms. The van der Waals surface area contributed by atoms with Gasteiger partial charge in [-0.3, -0.25) is 4.79 Å². The molecule has 1 amide bonds. The highest BCUT2D eigenvalue weighted by Crippen LogP contribution is 2.42. The molecule has 0 aliphatic carbocycles. The third kappa shape index (κ3) is 2.28. The molecular formula is C14H12BrNO2S. The molecule has 0 saturated heterocycles. The minimum absolute atomic E-state index is 0.0721. The third-order valence-electron chi connectivity index (χ3n) is 3.25. The zero-order valence-electron chi connectivity index (χ0n) is 10.3. The van der Waals surface area contributed by atoms with Crippen molar-refractivity contribution in [3.8, 4) is 5.75 Å². The Bertz CT molecular complexity index is 638. The van der Waals surface area contributed by atoms with E-state index >= 15 is 0 Å². The molecule has 98 valence electrons. The number of fused-ring (bicyclic) bond motifs is 1. The van der Waals surface area contributed by atoms with Crippen LogP contribution in [0.3, 0.4) is 0 Å². The van der Waals surface area contributed by atoms with Crippen LogP contribution in [0.4, 0.5) is 5.69 Å². The molecule has 3 rings (SSSR count). The Morgan fingerprint density at radius 3 is 3.00 bits per heavy atom. The summed E-state index contributed by atoms with van der Waals surface area (Å²) in [6, 6.07) is 7.95. The molecule has 1 aliphatic rings. The Morgan fingerprint density at radius 1 is 1.42 bits per heavy atom. The zero-order valence-corrected chi connectivity index (χ0v) is 12.7. The number of benzene rings is 1. The van der Waals surface area contributed by atoms with Crippen molar-refractivity contribution in [3.63, 3.8) is 0 Å². The maximum Gasteiger partial charge on any atom is 0.225 e. The van der Waals surface area contributed by atoms with Gasteiger partial charge in [0.15, 0.2) is 0 Å². The van der Waals surface area contributed by atoms with E-state index in [4.69, 9.17) is 4.74 Å². The van der Waals surface area contributed by atoms with E-state index in [1.165, 1.54) is 4.88 Å². The van der Waals surface area contributed by atoms with Crippen LogP contribution in [0.15, 0.2) is 34.1 Å². The molecule has 5 heteroatoms. The number of halogens is 1. The summed E-state index contributed by atoms with van der Waals surface area (Å²) >= 11 is 5.18. The summed E-state index contributed by atoms with van der Waals surface area (Å²) in [5.41, 5.74) is 2.07. The highest BCUT2D eigenvalue weighted by molar-refractivity contribution is 9.10. The standard InChI is InChI=1S/C14H12BrNO2S/c1-18-12-3-2-8(6-10(12)15)9-7-13(17)16-11-4-5-19-14(9)11/h2-6,9H,7H2,1H3,(H,16,17)/t9-/m1/s1. The molecule has 0 radical (unpaired) electrons. The van der Waals surface area contributed by atoms with Gasteiger partial charge in [-0.25, -0.2) is 0 Å². The quantitative estimate of drug-likeness (QED) is 0.899. The molecule has 2 aromatic rings. The molecule has 2 heterocycles.